The fourth-order valence-electron chi connectivity index (χ4n) is 2.38. The number of aliphatic hydroxyl groups is 1. The van der Waals surface area contributed by atoms with Crippen LogP contribution in [0.5, 0.6) is 5.75 Å². The van der Waals surface area contributed by atoms with Gasteiger partial charge in [0.15, 0.2) is 0 Å². The number of likely N-dealkylation sites (tertiary alicyclic amines) is 1. The van der Waals surface area contributed by atoms with Gasteiger partial charge in [0.2, 0.25) is 0 Å². The van der Waals surface area contributed by atoms with E-state index in [0.717, 1.165) is 24.5 Å². The molecule has 0 aromatic heterocycles. The summed E-state index contributed by atoms with van der Waals surface area (Å²) in [5, 5.41) is 8.62. The van der Waals surface area contributed by atoms with Crippen LogP contribution in [0.25, 0.3) is 0 Å². The van der Waals surface area contributed by atoms with Gasteiger partial charge in [0, 0.05) is 18.2 Å². The molecule has 1 fully saturated rings. The molecule has 1 aliphatic heterocycles. The molecule has 1 heterocycles. The maximum absolute atomic E-state index is 8.62. The molecule has 1 aliphatic rings. The highest BCUT2D eigenvalue weighted by Gasteiger charge is 2.19. The van der Waals surface area contributed by atoms with Crippen LogP contribution in [0.3, 0.4) is 0 Å². The van der Waals surface area contributed by atoms with Gasteiger partial charge in [-0.2, -0.15) is 0 Å². The van der Waals surface area contributed by atoms with Gasteiger partial charge in [0.05, 0.1) is 0 Å². The summed E-state index contributed by atoms with van der Waals surface area (Å²) in [5.41, 5.74) is 0.898. The summed E-state index contributed by atoms with van der Waals surface area (Å²) in [4.78, 5) is 2.47. The molecule has 1 aromatic carbocycles. The molecule has 1 atom stereocenters. The Morgan fingerprint density at radius 2 is 2.16 bits per heavy atom. The van der Waals surface area contributed by atoms with Crippen molar-refractivity contribution >= 4 is 0 Å². The van der Waals surface area contributed by atoms with E-state index in [2.05, 4.69) is 23.7 Å². The SMILES string of the molecule is CC1CCCN1CCOc1ccc(C#CCO)cc1. The molecule has 0 saturated carbocycles. The summed E-state index contributed by atoms with van der Waals surface area (Å²) in [6.07, 6.45) is 2.61. The third kappa shape index (κ3) is 4.27. The number of benzene rings is 1. The number of hydrogen-bond donors (Lipinski definition) is 1. The summed E-state index contributed by atoms with van der Waals surface area (Å²) in [5.74, 6) is 6.37. The summed E-state index contributed by atoms with van der Waals surface area (Å²) < 4.78 is 5.74. The van der Waals surface area contributed by atoms with Gasteiger partial charge in [-0.25, -0.2) is 0 Å². The predicted molar refractivity (Wildman–Crippen MR) is 76.2 cm³/mol. The second-order valence-electron chi connectivity index (χ2n) is 4.86. The van der Waals surface area contributed by atoms with Gasteiger partial charge < -0.3 is 9.84 Å². The van der Waals surface area contributed by atoms with E-state index in [-0.39, 0.29) is 6.61 Å². The second-order valence-corrected chi connectivity index (χ2v) is 4.86. The molecule has 102 valence electrons. The van der Waals surface area contributed by atoms with E-state index in [4.69, 9.17) is 9.84 Å². The Kier molecular flexibility index (Phi) is 5.26. The molecule has 0 spiro atoms. The maximum atomic E-state index is 8.62. The average molecular weight is 259 g/mol. The van der Waals surface area contributed by atoms with Crippen LogP contribution in [0.15, 0.2) is 24.3 Å². The Labute approximate surface area is 115 Å². The molecule has 2 rings (SSSR count). The first-order valence-corrected chi connectivity index (χ1v) is 6.86. The van der Waals surface area contributed by atoms with Crippen molar-refractivity contribution in [3.63, 3.8) is 0 Å². The van der Waals surface area contributed by atoms with Crippen LogP contribution >= 0.6 is 0 Å². The maximum Gasteiger partial charge on any atom is 0.119 e. The first-order chi connectivity index (χ1) is 9.29. The van der Waals surface area contributed by atoms with Crippen LogP contribution in [0, 0.1) is 11.8 Å². The Morgan fingerprint density at radius 3 is 2.79 bits per heavy atom. The fourth-order valence-corrected chi connectivity index (χ4v) is 2.38. The molecule has 3 nitrogen and oxygen atoms in total. The molecule has 3 heteroatoms. The van der Waals surface area contributed by atoms with Gasteiger partial charge in [-0.1, -0.05) is 11.8 Å². The van der Waals surface area contributed by atoms with Gasteiger partial charge in [-0.15, -0.1) is 0 Å². The van der Waals surface area contributed by atoms with E-state index in [1.165, 1.54) is 19.4 Å². The molecule has 1 N–H and O–H groups in total. The molecular formula is C16H21NO2. The van der Waals surface area contributed by atoms with Gasteiger partial charge in [0.25, 0.3) is 0 Å². The van der Waals surface area contributed by atoms with Crippen molar-refractivity contribution in [2.24, 2.45) is 0 Å². The van der Waals surface area contributed by atoms with Gasteiger partial charge >= 0.3 is 0 Å². The third-order valence-corrected chi connectivity index (χ3v) is 3.50. The molecule has 19 heavy (non-hydrogen) atoms. The van der Waals surface area contributed by atoms with Crippen molar-refractivity contribution in [2.75, 3.05) is 26.3 Å². The van der Waals surface area contributed by atoms with Gasteiger partial charge in [-0.05, 0) is 50.6 Å². The number of rotatable bonds is 4. The standard InChI is InChI=1S/C16H21NO2/c1-14-4-2-10-17(14)11-13-19-16-8-6-15(7-9-16)5-3-12-18/h6-9,14,18H,2,4,10-13H2,1H3. The Morgan fingerprint density at radius 1 is 1.37 bits per heavy atom. The van der Waals surface area contributed by atoms with E-state index >= 15 is 0 Å². The zero-order valence-electron chi connectivity index (χ0n) is 11.4. The molecule has 1 saturated heterocycles. The first-order valence-electron chi connectivity index (χ1n) is 6.86. The molecular weight excluding hydrogens is 238 g/mol. The molecule has 0 amide bonds. The number of hydrogen-bond acceptors (Lipinski definition) is 3. The van der Waals surface area contributed by atoms with Crippen molar-refractivity contribution in [3.05, 3.63) is 29.8 Å². The van der Waals surface area contributed by atoms with E-state index in [1.54, 1.807) is 0 Å². The highest BCUT2D eigenvalue weighted by molar-refractivity contribution is 5.38. The third-order valence-electron chi connectivity index (χ3n) is 3.50. The first kappa shape index (κ1) is 13.9. The number of nitrogens with zero attached hydrogens (tertiary/aromatic N) is 1. The van der Waals surface area contributed by atoms with Crippen LogP contribution in [0.2, 0.25) is 0 Å². The van der Waals surface area contributed by atoms with Crippen molar-refractivity contribution in [2.45, 2.75) is 25.8 Å². The summed E-state index contributed by atoms with van der Waals surface area (Å²) in [6, 6.07) is 8.37. The molecule has 1 unspecified atom stereocenters. The van der Waals surface area contributed by atoms with Crippen LogP contribution < -0.4 is 4.74 Å². The zero-order valence-corrected chi connectivity index (χ0v) is 11.4. The molecule has 0 radical (unpaired) electrons. The summed E-state index contributed by atoms with van der Waals surface area (Å²) in [6.45, 7) is 5.09. The van der Waals surface area contributed by atoms with Gasteiger partial charge in [0.1, 0.15) is 19.0 Å². The lowest BCUT2D eigenvalue weighted by molar-refractivity contribution is 0.204. The largest absolute Gasteiger partial charge is 0.492 e. The number of aliphatic hydroxyl groups excluding tert-OH is 1. The molecule has 0 bridgehead atoms. The minimum absolute atomic E-state index is 0.105. The minimum Gasteiger partial charge on any atom is -0.492 e. The summed E-state index contributed by atoms with van der Waals surface area (Å²) >= 11 is 0. The Hall–Kier alpha value is -1.50. The summed E-state index contributed by atoms with van der Waals surface area (Å²) in [7, 11) is 0. The average Bonchev–Trinajstić information content (AvgIpc) is 2.84. The second kappa shape index (κ2) is 7.18. The predicted octanol–water partition coefficient (Wildman–Crippen LogP) is 1.89. The van der Waals surface area contributed by atoms with Crippen LogP contribution in [0.1, 0.15) is 25.3 Å². The Balaban J connectivity index is 1.76. The lowest BCUT2D eigenvalue weighted by Gasteiger charge is -2.20. The highest BCUT2D eigenvalue weighted by atomic mass is 16.5. The van der Waals surface area contributed by atoms with Crippen LogP contribution in [0.4, 0.5) is 0 Å². The quantitative estimate of drug-likeness (QED) is 0.838. The van der Waals surface area contributed by atoms with E-state index in [1.807, 2.05) is 24.3 Å². The van der Waals surface area contributed by atoms with Crippen LogP contribution in [-0.2, 0) is 0 Å². The molecule has 1 aromatic rings. The zero-order chi connectivity index (χ0) is 13.5. The monoisotopic (exact) mass is 259 g/mol. The molecule has 0 aliphatic carbocycles. The van der Waals surface area contributed by atoms with Gasteiger partial charge in [-0.3, -0.25) is 4.90 Å². The topological polar surface area (TPSA) is 32.7 Å². The highest BCUT2D eigenvalue weighted by Crippen LogP contribution is 2.16. The smallest absolute Gasteiger partial charge is 0.119 e. The Bertz CT molecular complexity index is 444. The van der Waals surface area contributed by atoms with E-state index in [9.17, 15) is 0 Å². The lowest BCUT2D eigenvalue weighted by Crippen LogP contribution is -2.31. The minimum atomic E-state index is -0.105. The fraction of sp³-hybridized carbons (Fsp3) is 0.500. The van der Waals surface area contributed by atoms with Crippen LogP contribution in [-0.4, -0.2) is 42.4 Å². The number of ether oxygens (including phenoxy) is 1. The van der Waals surface area contributed by atoms with Crippen molar-refractivity contribution in [1.82, 2.24) is 4.90 Å². The van der Waals surface area contributed by atoms with E-state index in [0.29, 0.717) is 6.04 Å². The normalized spacial score (nSPS) is 18.9. The lowest BCUT2D eigenvalue weighted by atomic mass is 10.2. The van der Waals surface area contributed by atoms with Crippen molar-refractivity contribution < 1.29 is 9.84 Å². The van der Waals surface area contributed by atoms with Crippen molar-refractivity contribution in [1.29, 1.82) is 0 Å². The van der Waals surface area contributed by atoms with E-state index < -0.39 is 0 Å². The van der Waals surface area contributed by atoms with Crippen molar-refractivity contribution in [3.8, 4) is 17.6 Å².